The molecule has 3 rings (SSSR count). The average molecular weight is 347 g/mol. The Kier molecular flexibility index (Phi) is 4.35. The van der Waals surface area contributed by atoms with Crippen molar-refractivity contribution in [1.82, 2.24) is 5.16 Å². The minimum absolute atomic E-state index is 0.0657. The fourth-order valence-electron chi connectivity index (χ4n) is 1.98. The molecule has 2 heterocycles. The van der Waals surface area contributed by atoms with Gasteiger partial charge in [-0.3, -0.25) is 4.79 Å². The molecule has 7 nitrogen and oxygen atoms in total. The van der Waals surface area contributed by atoms with Gasteiger partial charge in [-0.25, -0.2) is 4.79 Å². The number of benzene rings is 1. The second-order valence-corrected chi connectivity index (χ2v) is 5.10. The Bertz CT molecular complexity index is 886. The van der Waals surface area contributed by atoms with Crippen LogP contribution in [0.25, 0.3) is 11.5 Å². The minimum atomic E-state index is -0.599. The molecule has 0 spiro atoms. The van der Waals surface area contributed by atoms with E-state index < -0.39 is 11.9 Å². The summed E-state index contributed by atoms with van der Waals surface area (Å²) >= 11 is 5.93. The van der Waals surface area contributed by atoms with E-state index in [1.165, 1.54) is 31.6 Å². The van der Waals surface area contributed by atoms with Crippen LogP contribution in [0.1, 0.15) is 20.8 Å². The van der Waals surface area contributed by atoms with Gasteiger partial charge >= 0.3 is 5.97 Å². The normalized spacial score (nSPS) is 10.4. The predicted octanol–water partition coefficient (Wildman–Crippen LogP) is 3.63. The van der Waals surface area contributed by atoms with Gasteiger partial charge in [-0.15, -0.1) is 0 Å². The summed E-state index contributed by atoms with van der Waals surface area (Å²) in [4.78, 5) is 23.8. The van der Waals surface area contributed by atoms with Gasteiger partial charge in [0, 0.05) is 11.8 Å². The molecule has 1 N–H and O–H groups in total. The molecule has 0 unspecified atom stereocenters. The molecule has 0 fully saturated rings. The number of halogens is 1. The molecule has 0 aliphatic carbocycles. The van der Waals surface area contributed by atoms with Crippen LogP contribution >= 0.6 is 11.6 Å². The number of methoxy groups -OCH3 is 1. The number of amides is 1. The standard InChI is InChI=1S/C16H11ClN2O5/c1-22-16(21)10-7-9(4-5-11(10)17)18-15(20)12-8-14(24-19-12)13-3-2-6-23-13/h2-8H,1H3,(H,18,20). The summed E-state index contributed by atoms with van der Waals surface area (Å²) in [5.41, 5.74) is 0.580. The van der Waals surface area contributed by atoms with E-state index in [1.807, 2.05) is 0 Å². The van der Waals surface area contributed by atoms with E-state index in [4.69, 9.17) is 20.5 Å². The van der Waals surface area contributed by atoms with Gasteiger partial charge in [-0.1, -0.05) is 16.8 Å². The molecule has 0 saturated heterocycles. The highest BCUT2D eigenvalue weighted by Crippen LogP contribution is 2.23. The van der Waals surface area contributed by atoms with Gasteiger partial charge in [0.25, 0.3) is 5.91 Å². The summed E-state index contributed by atoms with van der Waals surface area (Å²) in [7, 11) is 1.25. The fraction of sp³-hybridized carbons (Fsp3) is 0.0625. The first-order valence-corrected chi connectivity index (χ1v) is 7.16. The highest BCUT2D eigenvalue weighted by molar-refractivity contribution is 6.33. The van der Waals surface area contributed by atoms with Crippen LogP contribution in [0.5, 0.6) is 0 Å². The zero-order chi connectivity index (χ0) is 17.1. The van der Waals surface area contributed by atoms with E-state index in [-0.39, 0.29) is 16.3 Å². The average Bonchev–Trinajstić information content (AvgIpc) is 3.26. The zero-order valence-corrected chi connectivity index (χ0v) is 13.2. The van der Waals surface area contributed by atoms with Crippen molar-refractivity contribution in [3.05, 3.63) is 58.9 Å². The molecule has 0 radical (unpaired) electrons. The Morgan fingerprint density at radius 1 is 1.21 bits per heavy atom. The van der Waals surface area contributed by atoms with Crippen LogP contribution in [0, 0.1) is 0 Å². The van der Waals surface area contributed by atoms with Crippen molar-refractivity contribution in [3.8, 4) is 11.5 Å². The van der Waals surface area contributed by atoms with E-state index in [2.05, 4.69) is 15.2 Å². The van der Waals surface area contributed by atoms with Gasteiger partial charge < -0.3 is 19.0 Å². The molecule has 3 aromatic rings. The number of carbonyl (C=O) groups excluding carboxylic acids is 2. The third-order valence-electron chi connectivity index (χ3n) is 3.14. The van der Waals surface area contributed by atoms with Crippen LogP contribution < -0.4 is 5.32 Å². The van der Waals surface area contributed by atoms with Crippen molar-refractivity contribution >= 4 is 29.2 Å². The van der Waals surface area contributed by atoms with Gasteiger partial charge in [0.05, 0.1) is 24.0 Å². The van der Waals surface area contributed by atoms with Gasteiger partial charge in [0.15, 0.2) is 11.5 Å². The van der Waals surface area contributed by atoms with Gasteiger partial charge in [-0.2, -0.15) is 0 Å². The molecular formula is C16H11ClN2O5. The van der Waals surface area contributed by atoms with E-state index in [0.29, 0.717) is 17.2 Å². The Balaban J connectivity index is 1.79. The van der Waals surface area contributed by atoms with Crippen LogP contribution in [0.4, 0.5) is 5.69 Å². The maximum absolute atomic E-state index is 12.2. The number of carbonyl (C=O) groups is 2. The van der Waals surface area contributed by atoms with Crippen LogP contribution in [-0.2, 0) is 4.74 Å². The summed E-state index contributed by atoms with van der Waals surface area (Å²) in [6.45, 7) is 0. The van der Waals surface area contributed by atoms with E-state index in [9.17, 15) is 9.59 Å². The van der Waals surface area contributed by atoms with Crippen molar-refractivity contribution in [2.75, 3.05) is 12.4 Å². The highest BCUT2D eigenvalue weighted by atomic mass is 35.5. The molecule has 1 aromatic carbocycles. The number of anilines is 1. The Morgan fingerprint density at radius 2 is 2.04 bits per heavy atom. The maximum atomic E-state index is 12.2. The summed E-state index contributed by atoms with van der Waals surface area (Å²) < 4.78 is 14.9. The topological polar surface area (TPSA) is 94.6 Å². The lowest BCUT2D eigenvalue weighted by Crippen LogP contribution is -2.13. The van der Waals surface area contributed by atoms with Gasteiger partial charge in [0.2, 0.25) is 5.76 Å². The van der Waals surface area contributed by atoms with Gasteiger partial charge in [-0.05, 0) is 30.3 Å². The SMILES string of the molecule is COC(=O)c1cc(NC(=O)c2cc(-c3ccco3)on2)ccc1Cl. The number of rotatable bonds is 4. The number of nitrogens with zero attached hydrogens (tertiary/aromatic N) is 1. The first kappa shape index (κ1) is 15.8. The Hall–Kier alpha value is -3.06. The summed E-state index contributed by atoms with van der Waals surface area (Å²) in [5.74, 6) is -0.315. The van der Waals surface area contributed by atoms with Crippen molar-refractivity contribution < 1.29 is 23.3 Å². The number of hydrogen-bond acceptors (Lipinski definition) is 6. The van der Waals surface area contributed by atoms with Crippen molar-refractivity contribution in [1.29, 1.82) is 0 Å². The molecule has 8 heteroatoms. The lowest BCUT2D eigenvalue weighted by molar-refractivity contribution is 0.0600. The molecule has 24 heavy (non-hydrogen) atoms. The summed E-state index contributed by atoms with van der Waals surface area (Å²) in [5, 5.41) is 6.52. The number of aromatic nitrogens is 1. The first-order chi connectivity index (χ1) is 11.6. The molecule has 0 bridgehead atoms. The summed E-state index contributed by atoms with van der Waals surface area (Å²) in [6, 6.07) is 9.29. The molecule has 0 aliphatic rings. The molecule has 1 amide bonds. The number of furan rings is 1. The second-order valence-electron chi connectivity index (χ2n) is 4.69. The van der Waals surface area contributed by atoms with Crippen LogP contribution in [0.2, 0.25) is 5.02 Å². The van der Waals surface area contributed by atoms with E-state index in [0.717, 1.165) is 0 Å². The van der Waals surface area contributed by atoms with Crippen LogP contribution in [0.15, 0.2) is 51.6 Å². The quantitative estimate of drug-likeness (QED) is 0.725. The second kappa shape index (κ2) is 6.59. The largest absolute Gasteiger partial charge is 0.465 e. The van der Waals surface area contributed by atoms with Crippen molar-refractivity contribution in [3.63, 3.8) is 0 Å². The number of esters is 1. The number of hydrogen-bond donors (Lipinski definition) is 1. The third-order valence-corrected chi connectivity index (χ3v) is 3.47. The van der Waals surface area contributed by atoms with Crippen molar-refractivity contribution in [2.24, 2.45) is 0 Å². The smallest absolute Gasteiger partial charge is 0.339 e. The Morgan fingerprint density at radius 3 is 2.75 bits per heavy atom. The van der Waals surface area contributed by atoms with Crippen LogP contribution in [-0.4, -0.2) is 24.1 Å². The van der Waals surface area contributed by atoms with E-state index >= 15 is 0 Å². The zero-order valence-electron chi connectivity index (χ0n) is 12.4. The number of ether oxygens (including phenoxy) is 1. The van der Waals surface area contributed by atoms with E-state index in [1.54, 1.807) is 18.2 Å². The molecule has 2 aromatic heterocycles. The molecule has 0 saturated carbocycles. The molecule has 0 atom stereocenters. The minimum Gasteiger partial charge on any atom is -0.465 e. The predicted molar refractivity (Wildman–Crippen MR) is 84.9 cm³/mol. The molecule has 0 aliphatic heterocycles. The molecular weight excluding hydrogens is 336 g/mol. The molecule has 122 valence electrons. The maximum Gasteiger partial charge on any atom is 0.339 e. The fourth-order valence-corrected chi connectivity index (χ4v) is 2.18. The van der Waals surface area contributed by atoms with Gasteiger partial charge in [0.1, 0.15) is 0 Å². The number of nitrogens with one attached hydrogen (secondary N) is 1. The van der Waals surface area contributed by atoms with Crippen LogP contribution in [0.3, 0.4) is 0 Å². The monoisotopic (exact) mass is 346 g/mol. The Labute approximate surface area is 141 Å². The van der Waals surface area contributed by atoms with Crippen molar-refractivity contribution in [2.45, 2.75) is 0 Å². The summed E-state index contributed by atoms with van der Waals surface area (Å²) in [6.07, 6.45) is 1.49. The lowest BCUT2D eigenvalue weighted by Gasteiger charge is -2.06. The highest BCUT2D eigenvalue weighted by Gasteiger charge is 2.17. The lowest BCUT2D eigenvalue weighted by atomic mass is 10.2. The first-order valence-electron chi connectivity index (χ1n) is 6.78. The third kappa shape index (κ3) is 3.16.